The average Bonchev–Trinajstić information content (AvgIpc) is 2.49. The van der Waals surface area contributed by atoms with Gasteiger partial charge >= 0.3 is 0 Å². The maximum absolute atomic E-state index is 12.5. The predicted molar refractivity (Wildman–Crippen MR) is 82.0 cm³/mol. The summed E-state index contributed by atoms with van der Waals surface area (Å²) in [5.41, 5.74) is 6.85. The fourth-order valence-electron chi connectivity index (χ4n) is 1.72. The van der Waals surface area contributed by atoms with Gasteiger partial charge in [-0.25, -0.2) is 0 Å². The van der Waals surface area contributed by atoms with E-state index in [9.17, 15) is 4.79 Å². The van der Waals surface area contributed by atoms with Crippen molar-refractivity contribution in [2.75, 3.05) is 26.8 Å². The third-order valence-electron chi connectivity index (χ3n) is 3.04. The fraction of sp³-hybridized carbons (Fsp3) is 0.429. The first kappa shape index (κ1) is 17.3. The van der Waals surface area contributed by atoms with Crippen LogP contribution in [0.5, 0.6) is 0 Å². The van der Waals surface area contributed by atoms with Gasteiger partial charge in [-0.05, 0) is 24.6 Å². The first-order chi connectivity index (χ1) is 9.99. The second-order valence-electron chi connectivity index (χ2n) is 4.59. The molecule has 3 N–H and O–H groups in total. The van der Waals surface area contributed by atoms with Crippen molar-refractivity contribution in [3.05, 3.63) is 34.3 Å². The standard InChI is InChI=1S/C14H20ClN3O3/c1-10-3-4-11(9-12(10)15)14(19)18(7-8-21-2)6-5-13(16)17-20/h3-4,9,20H,5-8H2,1-2H3,(H2,16,17). The van der Waals surface area contributed by atoms with Crippen LogP contribution in [0, 0.1) is 6.92 Å². The van der Waals surface area contributed by atoms with Crippen LogP contribution in [-0.2, 0) is 4.74 Å². The molecule has 0 heterocycles. The van der Waals surface area contributed by atoms with E-state index in [2.05, 4.69) is 5.16 Å². The number of amides is 1. The number of benzene rings is 1. The van der Waals surface area contributed by atoms with Crippen molar-refractivity contribution in [1.29, 1.82) is 0 Å². The van der Waals surface area contributed by atoms with Crippen molar-refractivity contribution in [2.45, 2.75) is 13.3 Å². The highest BCUT2D eigenvalue weighted by atomic mass is 35.5. The Morgan fingerprint density at radius 2 is 2.19 bits per heavy atom. The van der Waals surface area contributed by atoms with Gasteiger partial charge in [0.05, 0.1) is 6.61 Å². The number of methoxy groups -OCH3 is 1. The monoisotopic (exact) mass is 313 g/mol. The molecule has 116 valence electrons. The zero-order chi connectivity index (χ0) is 15.8. The van der Waals surface area contributed by atoms with Crippen LogP contribution in [0.15, 0.2) is 23.4 Å². The lowest BCUT2D eigenvalue weighted by Crippen LogP contribution is -2.36. The molecule has 0 aliphatic heterocycles. The van der Waals surface area contributed by atoms with Gasteiger partial charge in [0, 0.05) is 37.2 Å². The molecule has 1 aromatic carbocycles. The van der Waals surface area contributed by atoms with E-state index in [0.717, 1.165) is 5.56 Å². The number of hydrogen-bond acceptors (Lipinski definition) is 4. The molecule has 0 saturated heterocycles. The van der Waals surface area contributed by atoms with Crippen molar-refractivity contribution in [1.82, 2.24) is 4.90 Å². The molecule has 0 atom stereocenters. The number of amidine groups is 1. The van der Waals surface area contributed by atoms with Gasteiger partial charge in [0.15, 0.2) is 0 Å². The van der Waals surface area contributed by atoms with E-state index in [1.54, 1.807) is 30.2 Å². The third kappa shape index (κ3) is 5.24. The summed E-state index contributed by atoms with van der Waals surface area (Å²) < 4.78 is 5.00. The highest BCUT2D eigenvalue weighted by Crippen LogP contribution is 2.18. The highest BCUT2D eigenvalue weighted by molar-refractivity contribution is 6.31. The van der Waals surface area contributed by atoms with Gasteiger partial charge in [-0.1, -0.05) is 22.8 Å². The van der Waals surface area contributed by atoms with Crippen molar-refractivity contribution >= 4 is 23.3 Å². The summed E-state index contributed by atoms with van der Waals surface area (Å²) in [6.07, 6.45) is 0.283. The summed E-state index contributed by atoms with van der Waals surface area (Å²) in [5, 5.41) is 12.0. The van der Waals surface area contributed by atoms with Crippen molar-refractivity contribution in [2.24, 2.45) is 10.9 Å². The molecular weight excluding hydrogens is 294 g/mol. The molecule has 21 heavy (non-hydrogen) atoms. The summed E-state index contributed by atoms with van der Waals surface area (Å²) >= 11 is 6.05. The quantitative estimate of drug-likeness (QED) is 0.348. The molecule has 0 radical (unpaired) electrons. The number of nitrogens with two attached hydrogens (primary N) is 1. The molecular formula is C14H20ClN3O3. The molecule has 0 aromatic heterocycles. The normalized spacial score (nSPS) is 11.5. The molecule has 1 aromatic rings. The van der Waals surface area contributed by atoms with Crippen molar-refractivity contribution < 1.29 is 14.7 Å². The molecule has 0 fully saturated rings. The first-order valence-electron chi connectivity index (χ1n) is 6.50. The van der Waals surface area contributed by atoms with Crippen LogP contribution < -0.4 is 5.73 Å². The summed E-state index contributed by atoms with van der Waals surface area (Å²) in [4.78, 5) is 14.1. The van der Waals surface area contributed by atoms with Gasteiger partial charge in [-0.15, -0.1) is 0 Å². The summed E-state index contributed by atoms with van der Waals surface area (Å²) in [6, 6.07) is 5.17. The van der Waals surface area contributed by atoms with Crippen molar-refractivity contribution in [3.8, 4) is 0 Å². The number of oxime groups is 1. The maximum atomic E-state index is 12.5. The number of halogens is 1. The topological polar surface area (TPSA) is 88.2 Å². The van der Waals surface area contributed by atoms with E-state index < -0.39 is 0 Å². The van der Waals surface area contributed by atoms with Crippen LogP contribution in [0.3, 0.4) is 0 Å². The lowest BCUT2D eigenvalue weighted by Gasteiger charge is -2.22. The molecule has 7 heteroatoms. The molecule has 0 unspecified atom stereocenters. The van der Waals surface area contributed by atoms with Gasteiger partial charge in [0.1, 0.15) is 5.84 Å². The summed E-state index contributed by atoms with van der Waals surface area (Å²) in [5.74, 6) is -0.0909. The fourth-order valence-corrected chi connectivity index (χ4v) is 1.90. The van der Waals surface area contributed by atoms with E-state index in [1.165, 1.54) is 0 Å². The molecule has 0 saturated carbocycles. The van der Waals surface area contributed by atoms with Gasteiger partial charge in [0.25, 0.3) is 5.91 Å². The maximum Gasteiger partial charge on any atom is 0.253 e. The first-order valence-corrected chi connectivity index (χ1v) is 6.88. The number of aryl methyl sites for hydroxylation is 1. The molecule has 0 aliphatic carbocycles. The highest BCUT2D eigenvalue weighted by Gasteiger charge is 2.16. The van der Waals surface area contributed by atoms with Gasteiger partial charge in [-0.3, -0.25) is 4.79 Å². The van der Waals surface area contributed by atoms with E-state index >= 15 is 0 Å². The van der Waals surface area contributed by atoms with E-state index in [1.807, 2.05) is 6.92 Å². The van der Waals surface area contributed by atoms with Crippen LogP contribution in [0.25, 0.3) is 0 Å². The molecule has 0 spiro atoms. The number of carbonyl (C=O) groups is 1. The van der Waals surface area contributed by atoms with Crippen LogP contribution in [0.1, 0.15) is 22.3 Å². The smallest absolute Gasteiger partial charge is 0.253 e. The lowest BCUT2D eigenvalue weighted by atomic mass is 10.1. The Kier molecular flexibility index (Phi) is 6.98. The number of rotatable bonds is 7. The Balaban J connectivity index is 2.84. The number of nitrogens with zero attached hydrogens (tertiary/aromatic N) is 2. The molecule has 0 bridgehead atoms. The largest absolute Gasteiger partial charge is 0.409 e. The number of hydrogen-bond donors (Lipinski definition) is 2. The van der Waals surface area contributed by atoms with Crippen LogP contribution in [0.2, 0.25) is 5.02 Å². The third-order valence-corrected chi connectivity index (χ3v) is 3.44. The number of ether oxygens (including phenoxy) is 1. The Bertz CT molecular complexity index is 520. The van der Waals surface area contributed by atoms with E-state index in [-0.39, 0.29) is 18.2 Å². The minimum Gasteiger partial charge on any atom is -0.409 e. The molecule has 1 rings (SSSR count). The SMILES string of the molecule is COCCN(CCC(N)=NO)C(=O)c1ccc(C)c(Cl)c1. The van der Waals surface area contributed by atoms with Gasteiger partial charge in [-0.2, -0.15) is 0 Å². The molecule has 6 nitrogen and oxygen atoms in total. The zero-order valence-electron chi connectivity index (χ0n) is 12.2. The summed E-state index contributed by atoms with van der Waals surface area (Å²) in [6.45, 7) is 3.03. The lowest BCUT2D eigenvalue weighted by molar-refractivity contribution is 0.0700. The number of carbonyl (C=O) groups excluding carboxylic acids is 1. The van der Waals surface area contributed by atoms with Gasteiger partial charge in [0.2, 0.25) is 0 Å². The van der Waals surface area contributed by atoms with Crippen LogP contribution in [-0.4, -0.2) is 48.7 Å². The second-order valence-corrected chi connectivity index (χ2v) is 5.00. The van der Waals surface area contributed by atoms with E-state index in [0.29, 0.717) is 30.3 Å². The average molecular weight is 314 g/mol. The summed E-state index contributed by atoms with van der Waals surface area (Å²) in [7, 11) is 1.56. The minimum atomic E-state index is -0.167. The predicted octanol–water partition coefficient (Wildman–Crippen LogP) is 1.87. The van der Waals surface area contributed by atoms with Crippen LogP contribution in [0.4, 0.5) is 0 Å². The molecule has 0 aliphatic rings. The van der Waals surface area contributed by atoms with Gasteiger partial charge < -0.3 is 20.6 Å². The minimum absolute atomic E-state index is 0.0761. The van der Waals surface area contributed by atoms with Crippen molar-refractivity contribution in [3.63, 3.8) is 0 Å². The second kappa shape index (κ2) is 8.49. The van der Waals surface area contributed by atoms with Crippen LogP contribution >= 0.6 is 11.6 Å². The Hall–Kier alpha value is -1.79. The molecule has 1 amide bonds. The van der Waals surface area contributed by atoms with E-state index in [4.69, 9.17) is 27.3 Å². The Labute approximate surface area is 129 Å². The Morgan fingerprint density at radius 1 is 1.48 bits per heavy atom. The Morgan fingerprint density at radius 3 is 2.76 bits per heavy atom. The zero-order valence-corrected chi connectivity index (χ0v) is 12.9.